The summed E-state index contributed by atoms with van der Waals surface area (Å²) in [7, 11) is 0. The molecule has 0 spiro atoms. The summed E-state index contributed by atoms with van der Waals surface area (Å²) in [5, 5.41) is 13.1. The van der Waals surface area contributed by atoms with E-state index in [2.05, 4.69) is 49.6 Å². The molecule has 2 aromatic carbocycles. The third-order valence-corrected chi connectivity index (χ3v) is 6.52. The molecule has 3 aromatic rings. The van der Waals surface area contributed by atoms with Gasteiger partial charge in [-0.3, -0.25) is 4.79 Å². The van der Waals surface area contributed by atoms with Crippen molar-refractivity contribution in [2.75, 3.05) is 48.3 Å². The summed E-state index contributed by atoms with van der Waals surface area (Å²) in [6.45, 7) is 4.33. The van der Waals surface area contributed by atoms with Gasteiger partial charge in [0.25, 0.3) is 0 Å². The van der Waals surface area contributed by atoms with Crippen LogP contribution in [0.5, 0.6) is 0 Å². The molecule has 0 saturated carbocycles. The molecule has 1 amide bonds. The lowest BCUT2D eigenvalue weighted by atomic mass is 10.1. The Labute approximate surface area is 198 Å². The van der Waals surface area contributed by atoms with Crippen LogP contribution in [-0.4, -0.2) is 54.6 Å². The van der Waals surface area contributed by atoms with E-state index in [-0.39, 0.29) is 5.91 Å². The predicted molar refractivity (Wildman–Crippen MR) is 132 cm³/mol. The summed E-state index contributed by atoms with van der Waals surface area (Å²) < 4.78 is 0. The molecule has 1 N–H and O–H groups in total. The van der Waals surface area contributed by atoms with Crippen molar-refractivity contribution in [2.45, 2.75) is 11.4 Å². The van der Waals surface area contributed by atoms with Crippen molar-refractivity contribution in [3.05, 3.63) is 77.3 Å². The molecule has 1 fully saturated rings. The second-order valence-electron chi connectivity index (χ2n) is 7.55. The number of aromatic nitrogens is 2. The number of anilines is 2. The average Bonchev–Trinajstić information content (AvgIpc) is 2.85. The first-order valence-electron chi connectivity index (χ1n) is 10.7. The van der Waals surface area contributed by atoms with Gasteiger partial charge < -0.3 is 15.1 Å². The number of hydrogen-bond acceptors (Lipinski definition) is 6. The molecule has 166 valence electrons. The summed E-state index contributed by atoms with van der Waals surface area (Å²) in [6.07, 6.45) is 0.777. The van der Waals surface area contributed by atoms with Crippen molar-refractivity contribution in [2.24, 2.45) is 0 Å². The van der Waals surface area contributed by atoms with Gasteiger partial charge in [-0.1, -0.05) is 53.7 Å². The molecule has 8 heteroatoms. The van der Waals surface area contributed by atoms with Crippen molar-refractivity contribution in [3.8, 4) is 0 Å². The highest BCUT2D eigenvalue weighted by atomic mass is 35.5. The van der Waals surface area contributed by atoms with Gasteiger partial charge >= 0.3 is 0 Å². The van der Waals surface area contributed by atoms with Gasteiger partial charge in [-0.15, -0.1) is 10.2 Å². The van der Waals surface area contributed by atoms with E-state index in [9.17, 15) is 4.79 Å². The third kappa shape index (κ3) is 6.37. The molecular formula is C24H26ClN5OS. The molecule has 32 heavy (non-hydrogen) atoms. The first-order chi connectivity index (χ1) is 15.7. The predicted octanol–water partition coefficient (Wildman–Crippen LogP) is 3.91. The van der Waals surface area contributed by atoms with E-state index in [1.54, 1.807) is 0 Å². The maximum absolute atomic E-state index is 12.1. The smallest absolute Gasteiger partial charge is 0.230 e. The van der Waals surface area contributed by atoms with Crippen LogP contribution in [0.4, 0.5) is 11.5 Å². The molecule has 0 unspecified atom stereocenters. The summed E-state index contributed by atoms with van der Waals surface area (Å²) in [6, 6.07) is 22.1. The van der Waals surface area contributed by atoms with Gasteiger partial charge in [0.05, 0.1) is 5.75 Å². The molecule has 1 aliphatic heterocycles. The molecule has 1 aromatic heterocycles. The summed E-state index contributed by atoms with van der Waals surface area (Å²) in [5.74, 6) is 1.20. The number of nitrogens with one attached hydrogen (secondary N) is 1. The zero-order valence-electron chi connectivity index (χ0n) is 17.8. The first kappa shape index (κ1) is 22.4. The zero-order chi connectivity index (χ0) is 22.2. The Morgan fingerprint density at radius 2 is 1.62 bits per heavy atom. The molecule has 0 atom stereocenters. The zero-order valence-corrected chi connectivity index (χ0v) is 19.4. The van der Waals surface area contributed by atoms with Crippen LogP contribution in [0.1, 0.15) is 5.56 Å². The maximum atomic E-state index is 12.1. The lowest BCUT2D eigenvalue weighted by Gasteiger charge is -2.36. The van der Waals surface area contributed by atoms with Crippen LogP contribution in [-0.2, 0) is 11.2 Å². The molecule has 6 nitrogen and oxygen atoms in total. The van der Waals surface area contributed by atoms with Gasteiger partial charge in [-0.25, -0.2) is 0 Å². The number of para-hydroxylation sites is 1. The number of rotatable bonds is 8. The SMILES string of the molecule is O=C(CSc1ccc(N2CCN(c3ccccc3)CC2)nn1)NCCc1ccc(Cl)cc1. The number of carbonyl (C=O) groups is 1. The molecule has 4 rings (SSSR count). The molecule has 0 radical (unpaired) electrons. The normalized spacial score (nSPS) is 13.8. The van der Waals surface area contributed by atoms with Crippen LogP contribution < -0.4 is 15.1 Å². The largest absolute Gasteiger partial charge is 0.368 e. The highest BCUT2D eigenvalue weighted by Gasteiger charge is 2.18. The Bertz CT molecular complexity index is 993. The van der Waals surface area contributed by atoms with E-state index >= 15 is 0 Å². The summed E-state index contributed by atoms with van der Waals surface area (Å²) >= 11 is 7.29. The quantitative estimate of drug-likeness (QED) is 0.507. The number of benzene rings is 2. The lowest BCUT2D eigenvalue weighted by molar-refractivity contribution is -0.118. The van der Waals surface area contributed by atoms with E-state index in [0.717, 1.165) is 54.0 Å². The minimum atomic E-state index is -0.00752. The Hall–Kier alpha value is -2.77. The standard InChI is InChI=1S/C24H26ClN5OS/c25-20-8-6-19(7-9-20)12-13-26-23(31)18-32-24-11-10-22(27-28-24)30-16-14-29(15-17-30)21-4-2-1-3-5-21/h1-11H,12-18H2,(H,26,31). The average molecular weight is 468 g/mol. The van der Waals surface area contributed by atoms with Crippen LogP contribution >= 0.6 is 23.4 Å². The second-order valence-corrected chi connectivity index (χ2v) is 8.99. The number of amides is 1. The Morgan fingerprint density at radius 1 is 0.906 bits per heavy atom. The van der Waals surface area contributed by atoms with Crippen LogP contribution in [0.25, 0.3) is 0 Å². The van der Waals surface area contributed by atoms with Gasteiger partial charge in [0.2, 0.25) is 5.91 Å². The van der Waals surface area contributed by atoms with E-state index in [1.807, 2.05) is 42.5 Å². The number of nitrogens with zero attached hydrogens (tertiary/aromatic N) is 4. The van der Waals surface area contributed by atoms with E-state index in [4.69, 9.17) is 11.6 Å². The molecule has 0 bridgehead atoms. The van der Waals surface area contributed by atoms with E-state index in [1.165, 1.54) is 17.4 Å². The van der Waals surface area contributed by atoms with Crippen molar-refractivity contribution < 1.29 is 4.79 Å². The van der Waals surface area contributed by atoms with E-state index < -0.39 is 0 Å². The fraction of sp³-hybridized carbons (Fsp3) is 0.292. The summed E-state index contributed by atoms with van der Waals surface area (Å²) in [4.78, 5) is 16.8. The molecule has 1 aliphatic rings. The summed E-state index contributed by atoms with van der Waals surface area (Å²) in [5.41, 5.74) is 2.41. The van der Waals surface area contributed by atoms with Gasteiger partial charge in [-0.2, -0.15) is 0 Å². The Kier molecular flexibility index (Phi) is 7.85. The van der Waals surface area contributed by atoms with Crippen molar-refractivity contribution in [3.63, 3.8) is 0 Å². The van der Waals surface area contributed by atoms with Gasteiger partial charge in [-0.05, 0) is 48.4 Å². The molecule has 0 aliphatic carbocycles. The van der Waals surface area contributed by atoms with Crippen LogP contribution in [0.2, 0.25) is 5.02 Å². The fourth-order valence-corrected chi connectivity index (χ4v) is 4.35. The van der Waals surface area contributed by atoms with Gasteiger partial charge in [0.1, 0.15) is 5.03 Å². The van der Waals surface area contributed by atoms with Crippen LogP contribution in [0.3, 0.4) is 0 Å². The van der Waals surface area contributed by atoms with Crippen molar-refractivity contribution >= 4 is 40.8 Å². The van der Waals surface area contributed by atoms with Crippen LogP contribution in [0.15, 0.2) is 71.8 Å². The first-order valence-corrected chi connectivity index (χ1v) is 12.1. The number of halogens is 1. The van der Waals surface area contributed by atoms with E-state index in [0.29, 0.717) is 12.3 Å². The number of piperazine rings is 1. The Morgan fingerprint density at radius 3 is 2.31 bits per heavy atom. The number of carbonyl (C=O) groups excluding carboxylic acids is 1. The molecule has 1 saturated heterocycles. The molecule has 2 heterocycles. The highest BCUT2D eigenvalue weighted by Crippen LogP contribution is 2.20. The second kappa shape index (κ2) is 11.2. The number of thioether (sulfide) groups is 1. The monoisotopic (exact) mass is 467 g/mol. The van der Waals surface area contributed by atoms with Crippen LogP contribution in [0, 0.1) is 0 Å². The minimum absolute atomic E-state index is 0.00752. The van der Waals surface area contributed by atoms with Crippen molar-refractivity contribution in [1.29, 1.82) is 0 Å². The Balaban J connectivity index is 1.18. The minimum Gasteiger partial charge on any atom is -0.368 e. The highest BCUT2D eigenvalue weighted by molar-refractivity contribution is 7.99. The van der Waals surface area contributed by atoms with Gasteiger partial charge in [0.15, 0.2) is 5.82 Å². The third-order valence-electron chi connectivity index (χ3n) is 5.35. The topological polar surface area (TPSA) is 61.4 Å². The lowest BCUT2D eigenvalue weighted by Crippen LogP contribution is -2.46. The van der Waals surface area contributed by atoms with Crippen molar-refractivity contribution in [1.82, 2.24) is 15.5 Å². The van der Waals surface area contributed by atoms with Gasteiger partial charge in [0, 0.05) is 43.4 Å². The maximum Gasteiger partial charge on any atom is 0.230 e. The molecular weight excluding hydrogens is 442 g/mol. The fourth-order valence-electron chi connectivity index (χ4n) is 3.58. The number of hydrogen-bond donors (Lipinski definition) is 1.